The zero-order valence-electron chi connectivity index (χ0n) is 12.9. The summed E-state index contributed by atoms with van der Waals surface area (Å²) in [6, 6.07) is 0.837. The van der Waals surface area contributed by atoms with Crippen LogP contribution in [0.3, 0.4) is 0 Å². The summed E-state index contributed by atoms with van der Waals surface area (Å²) in [5, 5.41) is 8.97. The highest BCUT2D eigenvalue weighted by molar-refractivity contribution is 4.76. The average molecular weight is 267 g/mol. The Morgan fingerprint density at radius 3 is 2.63 bits per heavy atom. The third kappa shape index (κ3) is 5.05. The minimum absolute atomic E-state index is 0.837. The second-order valence-corrected chi connectivity index (χ2v) is 6.22. The van der Waals surface area contributed by atoms with Crippen molar-refractivity contribution in [2.24, 2.45) is 0 Å². The molecule has 3 heteroatoms. The number of rotatable bonds is 6. The fourth-order valence-electron chi connectivity index (χ4n) is 3.55. The molecule has 1 saturated carbocycles. The monoisotopic (exact) mass is 267 g/mol. The molecule has 0 radical (unpaired) electrons. The van der Waals surface area contributed by atoms with Crippen molar-refractivity contribution in [1.29, 1.82) is 0 Å². The van der Waals surface area contributed by atoms with E-state index >= 15 is 0 Å². The number of hydrogen-bond donors (Lipinski definition) is 1. The quantitative estimate of drug-likeness (QED) is 0.746. The van der Waals surface area contributed by atoms with Crippen LogP contribution in [0.5, 0.6) is 0 Å². The van der Waals surface area contributed by atoms with E-state index in [0.29, 0.717) is 0 Å². The van der Waals surface area contributed by atoms with Gasteiger partial charge in [0, 0.05) is 32.2 Å². The van der Waals surface area contributed by atoms with E-state index in [9.17, 15) is 0 Å². The number of hydrogen-bond acceptors (Lipinski definition) is 3. The summed E-state index contributed by atoms with van der Waals surface area (Å²) in [6.07, 6.45) is 12.6. The maximum absolute atomic E-state index is 3.53. The Bertz CT molecular complexity index is 218. The van der Waals surface area contributed by atoms with Gasteiger partial charge in [0.25, 0.3) is 0 Å². The molecule has 0 bridgehead atoms. The van der Waals surface area contributed by atoms with Crippen molar-refractivity contribution in [3.8, 4) is 0 Å². The lowest BCUT2D eigenvalue weighted by atomic mass is 9.95. The molecule has 0 unspecified atom stereocenters. The van der Waals surface area contributed by atoms with Crippen LogP contribution in [0.1, 0.15) is 64.7 Å². The molecule has 1 saturated heterocycles. The lowest BCUT2D eigenvalue weighted by Gasteiger charge is -2.41. The molecule has 1 aliphatic carbocycles. The van der Waals surface area contributed by atoms with Gasteiger partial charge in [-0.15, -0.1) is 0 Å². The van der Waals surface area contributed by atoms with E-state index in [1.54, 1.807) is 0 Å². The van der Waals surface area contributed by atoms with Gasteiger partial charge in [-0.25, -0.2) is 10.0 Å². The standard InChI is InChI=1S/C16H33N3/c1-2-3-7-14-19(16-9-5-4-6-10-16)18-13-8-11-17-12-15-18/h16-17H,2-15H2,1H3. The molecular weight excluding hydrogens is 234 g/mol. The maximum atomic E-state index is 3.53. The zero-order valence-corrected chi connectivity index (χ0v) is 12.9. The van der Waals surface area contributed by atoms with Gasteiger partial charge in [0.1, 0.15) is 0 Å². The van der Waals surface area contributed by atoms with Crippen LogP contribution < -0.4 is 5.32 Å². The van der Waals surface area contributed by atoms with Crippen molar-refractivity contribution in [3.05, 3.63) is 0 Å². The van der Waals surface area contributed by atoms with Crippen LogP contribution in [0.2, 0.25) is 0 Å². The Morgan fingerprint density at radius 2 is 1.84 bits per heavy atom. The van der Waals surface area contributed by atoms with E-state index in [-0.39, 0.29) is 0 Å². The van der Waals surface area contributed by atoms with Crippen LogP contribution in [0.25, 0.3) is 0 Å². The SMILES string of the molecule is CCCCCN(C1CCCCC1)N1CCCNCC1. The minimum Gasteiger partial charge on any atom is -0.315 e. The number of unbranched alkanes of at least 4 members (excludes halogenated alkanes) is 2. The molecule has 0 aromatic carbocycles. The summed E-state index contributed by atoms with van der Waals surface area (Å²) >= 11 is 0. The van der Waals surface area contributed by atoms with Gasteiger partial charge in [-0.2, -0.15) is 0 Å². The molecule has 2 aliphatic rings. The molecule has 19 heavy (non-hydrogen) atoms. The van der Waals surface area contributed by atoms with Crippen LogP contribution in [-0.4, -0.2) is 48.8 Å². The Balaban J connectivity index is 1.90. The van der Waals surface area contributed by atoms with Crippen molar-refractivity contribution in [2.45, 2.75) is 70.8 Å². The predicted molar refractivity (Wildman–Crippen MR) is 82.2 cm³/mol. The molecule has 3 nitrogen and oxygen atoms in total. The lowest BCUT2D eigenvalue weighted by Crippen LogP contribution is -2.51. The van der Waals surface area contributed by atoms with E-state index in [2.05, 4.69) is 22.3 Å². The fourth-order valence-corrected chi connectivity index (χ4v) is 3.55. The van der Waals surface area contributed by atoms with E-state index in [1.807, 2.05) is 0 Å². The lowest BCUT2D eigenvalue weighted by molar-refractivity contribution is -0.0679. The Hall–Kier alpha value is -0.120. The van der Waals surface area contributed by atoms with Crippen molar-refractivity contribution in [1.82, 2.24) is 15.3 Å². The molecule has 0 atom stereocenters. The summed E-state index contributed by atoms with van der Waals surface area (Å²) in [4.78, 5) is 0. The first-order valence-corrected chi connectivity index (χ1v) is 8.64. The number of hydrazine groups is 1. The van der Waals surface area contributed by atoms with Crippen LogP contribution in [0, 0.1) is 0 Å². The van der Waals surface area contributed by atoms with Gasteiger partial charge in [0.2, 0.25) is 0 Å². The molecule has 112 valence electrons. The Labute approximate surface area is 119 Å². The molecule has 0 aromatic heterocycles. The van der Waals surface area contributed by atoms with Gasteiger partial charge >= 0.3 is 0 Å². The molecule has 1 heterocycles. The van der Waals surface area contributed by atoms with Crippen molar-refractivity contribution in [2.75, 3.05) is 32.7 Å². The zero-order chi connectivity index (χ0) is 13.3. The van der Waals surface area contributed by atoms with Gasteiger partial charge in [0.05, 0.1) is 0 Å². The van der Waals surface area contributed by atoms with Crippen molar-refractivity contribution < 1.29 is 0 Å². The van der Waals surface area contributed by atoms with Gasteiger partial charge < -0.3 is 5.32 Å². The summed E-state index contributed by atoms with van der Waals surface area (Å²) in [5.74, 6) is 0. The summed E-state index contributed by atoms with van der Waals surface area (Å²) < 4.78 is 0. The first kappa shape index (κ1) is 15.3. The minimum atomic E-state index is 0.837. The van der Waals surface area contributed by atoms with E-state index in [1.165, 1.54) is 84.0 Å². The Morgan fingerprint density at radius 1 is 1.00 bits per heavy atom. The number of nitrogens with zero attached hydrogens (tertiary/aromatic N) is 2. The number of nitrogens with one attached hydrogen (secondary N) is 1. The second-order valence-electron chi connectivity index (χ2n) is 6.22. The van der Waals surface area contributed by atoms with Crippen LogP contribution in [0.15, 0.2) is 0 Å². The van der Waals surface area contributed by atoms with Crippen LogP contribution in [0.4, 0.5) is 0 Å². The molecule has 0 amide bonds. The van der Waals surface area contributed by atoms with E-state index < -0.39 is 0 Å². The van der Waals surface area contributed by atoms with Crippen LogP contribution in [-0.2, 0) is 0 Å². The Kier molecular flexibility index (Phi) is 7.18. The molecule has 0 spiro atoms. The first-order valence-electron chi connectivity index (χ1n) is 8.64. The molecule has 1 aliphatic heterocycles. The van der Waals surface area contributed by atoms with Gasteiger partial charge in [0.15, 0.2) is 0 Å². The van der Waals surface area contributed by atoms with Gasteiger partial charge in [-0.05, 0) is 32.2 Å². The highest BCUT2D eigenvalue weighted by atomic mass is 15.6. The first-order chi connectivity index (χ1) is 9.42. The topological polar surface area (TPSA) is 18.5 Å². The van der Waals surface area contributed by atoms with E-state index in [0.717, 1.165) is 12.6 Å². The van der Waals surface area contributed by atoms with E-state index in [4.69, 9.17) is 0 Å². The smallest absolute Gasteiger partial charge is 0.0258 e. The predicted octanol–water partition coefficient (Wildman–Crippen LogP) is 3.02. The summed E-state index contributed by atoms with van der Waals surface area (Å²) in [7, 11) is 0. The second kappa shape index (κ2) is 8.93. The van der Waals surface area contributed by atoms with Crippen molar-refractivity contribution in [3.63, 3.8) is 0 Å². The third-order valence-electron chi connectivity index (χ3n) is 4.67. The third-order valence-corrected chi connectivity index (χ3v) is 4.67. The normalized spacial score (nSPS) is 23.7. The van der Waals surface area contributed by atoms with Crippen molar-refractivity contribution >= 4 is 0 Å². The molecular formula is C16H33N3. The molecule has 2 fully saturated rings. The molecule has 0 aromatic rings. The highest BCUT2D eigenvalue weighted by Crippen LogP contribution is 2.24. The van der Waals surface area contributed by atoms with Gasteiger partial charge in [-0.1, -0.05) is 39.0 Å². The molecule has 1 N–H and O–H groups in total. The fraction of sp³-hybridized carbons (Fsp3) is 1.00. The largest absolute Gasteiger partial charge is 0.315 e. The highest BCUT2D eigenvalue weighted by Gasteiger charge is 2.26. The summed E-state index contributed by atoms with van der Waals surface area (Å²) in [5.41, 5.74) is 0. The maximum Gasteiger partial charge on any atom is 0.0258 e. The average Bonchev–Trinajstić information content (AvgIpc) is 2.74. The van der Waals surface area contributed by atoms with Gasteiger partial charge in [-0.3, -0.25) is 0 Å². The summed E-state index contributed by atoms with van der Waals surface area (Å²) in [6.45, 7) is 8.43. The van der Waals surface area contributed by atoms with Crippen LogP contribution >= 0.6 is 0 Å². The molecule has 2 rings (SSSR count).